The molecule has 0 fully saturated rings. The van der Waals surface area contributed by atoms with Gasteiger partial charge in [-0.25, -0.2) is 0 Å². The number of nitrogens with zero attached hydrogens (tertiary/aromatic N) is 2. The fourth-order valence-electron chi connectivity index (χ4n) is 1.86. The topological polar surface area (TPSA) is 41.9 Å². The average molecular weight is 299 g/mol. The normalized spacial score (nSPS) is 14.5. The maximum Gasteiger partial charge on any atom is 0.263 e. The highest BCUT2D eigenvalue weighted by atomic mass is 35.5. The van der Waals surface area contributed by atoms with Crippen molar-refractivity contribution in [3.63, 3.8) is 0 Å². The van der Waals surface area contributed by atoms with Gasteiger partial charge in [0, 0.05) is 11.6 Å². The summed E-state index contributed by atoms with van der Waals surface area (Å²) in [5.74, 6) is 1.30. The zero-order valence-corrected chi connectivity index (χ0v) is 12.4. The smallest absolute Gasteiger partial charge is 0.263 e. The first-order chi connectivity index (χ1) is 9.17. The van der Waals surface area contributed by atoms with E-state index in [0.29, 0.717) is 29.4 Å². The first-order valence-electron chi connectivity index (χ1n) is 6.00. The lowest BCUT2D eigenvalue weighted by Gasteiger charge is -2.19. The van der Waals surface area contributed by atoms with Gasteiger partial charge >= 0.3 is 0 Å². The molecule has 0 spiro atoms. The fourth-order valence-corrected chi connectivity index (χ4v) is 2.80. The van der Waals surface area contributed by atoms with E-state index in [0.717, 1.165) is 10.9 Å². The van der Waals surface area contributed by atoms with Crippen molar-refractivity contribution < 1.29 is 9.53 Å². The predicted molar refractivity (Wildman–Crippen MR) is 79.5 cm³/mol. The summed E-state index contributed by atoms with van der Waals surface area (Å²) in [6, 6.07) is 5.04. The van der Waals surface area contributed by atoms with Crippen LogP contribution in [-0.2, 0) is 0 Å². The second-order valence-corrected chi connectivity index (χ2v) is 5.57. The number of amides is 1. The van der Waals surface area contributed by atoms with E-state index in [1.54, 1.807) is 42.0 Å². The lowest BCUT2D eigenvalue weighted by Crippen LogP contribution is -2.33. The van der Waals surface area contributed by atoms with Crippen LogP contribution in [0.25, 0.3) is 0 Å². The van der Waals surface area contributed by atoms with Gasteiger partial charge in [0.1, 0.15) is 5.75 Å². The Morgan fingerprint density at radius 1 is 1.58 bits per heavy atom. The van der Waals surface area contributed by atoms with E-state index in [2.05, 4.69) is 4.99 Å². The van der Waals surface area contributed by atoms with Crippen LogP contribution < -0.4 is 4.74 Å². The van der Waals surface area contributed by atoms with Crippen LogP contribution in [0.4, 0.5) is 0 Å². The number of halogens is 1. The van der Waals surface area contributed by atoms with Gasteiger partial charge < -0.3 is 4.74 Å². The third-order valence-electron chi connectivity index (χ3n) is 2.71. The minimum atomic E-state index is -0.114. The standard InChI is InChI=1S/C13H15ClN2O2S/c1-3-19-13-15-6-7-16(13)12(17)10-8-9(14)4-5-11(10)18-2/h4-5,8H,3,6-7H2,1-2H3. The van der Waals surface area contributed by atoms with E-state index in [-0.39, 0.29) is 5.91 Å². The zero-order valence-electron chi connectivity index (χ0n) is 10.9. The Bertz CT molecular complexity index is 519. The molecule has 0 bridgehead atoms. The van der Waals surface area contributed by atoms with Crippen molar-refractivity contribution in [3.05, 3.63) is 28.8 Å². The van der Waals surface area contributed by atoms with Gasteiger partial charge in [-0.3, -0.25) is 14.7 Å². The molecular weight excluding hydrogens is 284 g/mol. The molecule has 0 saturated carbocycles. The number of aliphatic imine (C=N–C) groups is 1. The molecule has 2 rings (SSSR count). The highest BCUT2D eigenvalue weighted by molar-refractivity contribution is 8.13. The summed E-state index contributed by atoms with van der Waals surface area (Å²) in [6.07, 6.45) is 0. The van der Waals surface area contributed by atoms with Crippen LogP contribution in [0.3, 0.4) is 0 Å². The van der Waals surface area contributed by atoms with Gasteiger partial charge in [-0.2, -0.15) is 0 Å². The molecule has 102 valence electrons. The number of carbonyl (C=O) groups is 1. The number of hydrogen-bond donors (Lipinski definition) is 0. The second-order valence-electron chi connectivity index (χ2n) is 3.90. The van der Waals surface area contributed by atoms with Gasteiger partial charge in [0.05, 0.1) is 19.2 Å². The lowest BCUT2D eigenvalue weighted by atomic mass is 10.2. The molecule has 4 nitrogen and oxygen atoms in total. The first kappa shape index (κ1) is 14.2. The van der Waals surface area contributed by atoms with Crippen LogP contribution >= 0.6 is 23.4 Å². The molecule has 0 N–H and O–H groups in total. The molecule has 0 radical (unpaired) electrons. The minimum absolute atomic E-state index is 0.114. The van der Waals surface area contributed by atoms with E-state index in [1.807, 2.05) is 6.92 Å². The van der Waals surface area contributed by atoms with Crippen LogP contribution in [0.5, 0.6) is 5.75 Å². The Morgan fingerprint density at radius 3 is 3.05 bits per heavy atom. The Kier molecular flexibility index (Phi) is 4.71. The fraction of sp³-hybridized carbons (Fsp3) is 0.385. The third kappa shape index (κ3) is 3.04. The molecule has 1 amide bonds. The molecule has 0 atom stereocenters. The SMILES string of the molecule is CCSC1=NCCN1C(=O)c1cc(Cl)ccc1OC. The summed E-state index contributed by atoms with van der Waals surface area (Å²) in [6.45, 7) is 3.29. The van der Waals surface area contributed by atoms with Crippen molar-refractivity contribution in [3.8, 4) is 5.75 Å². The number of thioether (sulfide) groups is 1. The van der Waals surface area contributed by atoms with Crippen molar-refractivity contribution in [1.82, 2.24) is 4.90 Å². The van der Waals surface area contributed by atoms with Crippen LogP contribution in [0.15, 0.2) is 23.2 Å². The summed E-state index contributed by atoms with van der Waals surface area (Å²) < 4.78 is 5.22. The molecular formula is C13H15ClN2O2S. The van der Waals surface area contributed by atoms with Crippen molar-refractivity contribution in [2.45, 2.75) is 6.92 Å². The number of benzene rings is 1. The van der Waals surface area contributed by atoms with Gasteiger partial charge in [0.15, 0.2) is 5.17 Å². The summed E-state index contributed by atoms with van der Waals surface area (Å²) in [5.41, 5.74) is 0.473. The van der Waals surface area contributed by atoms with E-state index in [4.69, 9.17) is 16.3 Å². The van der Waals surface area contributed by atoms with Gasteiger partial charge in [-0.15, -0.1) is 0 Å². The Morgan fingerprint density at radius 2 is 2.37 bits per heavy atom. The molecule has 1 heterocycles. The average Bonchev–Trinajstić information content (AvgIpc) is 2.86. The molecule has 1 aromatic rings. The van der Waals surface area contributed by atoms with Crippen LogP contribution in [0, 0.1) is 0 Å². The molecule has 0 aliphatic carbocycles. The Balaban J connectivity index is 2.29. The summed E-state index contributed by atoms with van der Waals surface area (Å²) >= 11 is 7.53. The molecule has 0 saturated heterocycles. The number of carbonyl (C=O) groups excluding carboxylic acids is 1. The highest BCUT2D eigenvalue weighted by Crippen LogP contribution is 2.26. The van der Waals surface area contributed by atoms with E-state index >= 15 is 0 Å². The monoisotopic (exact) mass is 298 g/mol. The van der Waals surface area contributed by atoms with Crippen LogP contribution in [0.1, 0.15) is 17.3 Å². The Labute approximate surface area is 121 Å². The molecule has 0 aromatic heterocycles. The van der Waals surface area contributed by atoms with Gasteiger partial charge in [0.2, 0.25) is 0 Å². The largest absolute Gasteiger partial charge is 0.496 e. The maximum atomic E-state index is 12.6. The van der Waals surface area contributed by atoms with Crippen LogP contribution in [0.2, 0.25) is 5.02 Å². The quantitative estimate of drug-likeness (QED) is 0.861. The summed E-state index contributed by atoms with van der Waals surface area (Å²) in [4.78, 5) is 18.6. The van der Waals surface area contributed by atoms with Crippen molar-refractivity contribution in [2.24, 2.45) is 4.99 Å². The molecule has 6 heteroatoms. The molecule has 1 aliphatic heterocycles. The van der Waals surface area contributed by atoms with Gasteiger partial charge in [-0.05, 0) is 24.0 Å². The van der Waals surface area contributed by atoms with Gasteiger partial charge in [0.25, 0.3) is 5.91 Å². The minimum Gasteiger partial charge on any atom is -0.496 e. The van der Waals surface area contributed by atoms with Crippen molar-refractivity contribution >= 4 is 34.4 Å². The maximum absolute atomic E-state index is 12.6. The van der Waals surface area contributed by atoms with E-state index < -0.39 is 0 Å². The third-order valence-corrected chi connectivity index (χ3v) is 3.84. The van der Waals surface area contributed by atoms with E-state index in [1.165, 1.54) is 0 Å². The Hall–Kier alpha value is -1.20. The highest BCUT2D eigenvalue weighted by Gasteiger charge is 2.26. The van der Waals surface area contributed by atoms with E-state index in [9.17, 15) is 4.79 Å². The van der Waals surface area contributed by atoms with Crippen LogP contribution in [-0.4, -0.2) is 41.9 Å². The van der Waals surface area contributed by atoms with Gasteiger partial charge in [-0.1, -0.05) is 30.3 Å². The molecule has 1 aliphatic rings. The molecule has 19 heavy (non-hydrogen) atoms. The number of amidine groups is 1. The first-order valence-corrected chi connectivity index (χ1v) is 7.36. The zero-order chi connectivity index (χ0) is 13.8. The summed E-state index contributed by atoms with van der Waals surface area (Å²) in [5, 5.41) is 1.29. The predicted octanol–water partition coefficient (Wildman–Crippen LogP) is 2.91. The number of hydrogen-bond acceptors (Lipinski definition) is 4. The number of rotatable bonds is 3. The molecule has 0 unspecified atom stereocenters. The van der Waals surface area contributed by atoms with Crippen molar-refractivity contribution in [1.29, 1.82) is 0 Å². The summed E-state index contributed by atoms with van der Waals surface area (Å²) in [7, 11) is 1.54. The number of ether oxygens (including phenoxy) is 1. The number of methoxy groups -OCH3 is 1. The second kappa shape index (κ2) is 6.30. The van der Waals surface area contributed by atoms with Crippen molar-refractivity contribution in [2.75, 3.05) is 26.0 Å². The lowest BCUT2D eigenvalue weighted by molar-refractivity contribution is 0.0857. The molecule has 1 aromatic carbocycles.